The lowest BCUT2D eigenvalue weighted by Crippen LogP contribution is -2.29. The molecular weight excluding hydrogens is 208 g/mol. The summed E-state index contributed by atoms with van der Waals surface area (Å²) in [7, 11) is 0. The van der Waals surface area contributed by atoms with Crippen molar-refractivity contribution in [3.05, 3.63) is 35.9 Å². The van der Waals surface area contributed by atoms with Crippen LogP contribution in [0.25, 0.3) is 0 Å². The van der Waals surface area contributed by atoms with Gasteiger partial charge < -0.3 is 5.32 Å². The summed E-state index contributed by atoms with van der Waals surface area (Å²) in [6.45, 7) is 5.36. The lowest BCUT2D eigenvalue weighted by Gasteiger charge is -2.16. The van der Waals surface area contributed by atoms with Crippen molar-refractivity contribution in [3.8, 4) is 6.07 Å². The van der Waals surface area contributed by atoms with Gasteiger partial charge in [0.05, 0.1) is 12.5 Å². The van der Waals surface area contributed by atoms with Crippen molar-refractivity contribution in [1.82, 2.24) is 5.32 Å². The van der Waals surface area contributed by atoms with Gasteiger partial charge in [0, 0.05) is 6.04 Å². The van der Waals surface area contributed by atoms with E-state index in [0.717, 1.165) is 19.4 Å². The molecule has 17 heavy (non-hydrogen) atoms. The minimum Gasteiger partial charge on any atom is -0.313 e. The molecule has 0 aliphatic heterocycles. The van der Waals surface area contributed by atoms with Gasteiger partial charge in [-0.05, 0) is 30.9 Å². The Hall–Kier alpha value is -1.33. The molecule has 0 heterocycles. The van der Waals surface area contributed by atoms with E-state index in [9.17, 15) is 0 Å². The molecule has 0 radical (unpaired) electrons. The van der Waals surface area contributed by atoms with E-state index in [1.165, 1.54) is 5.56 Å². The Morgan fingerprint density at radius 1 is 1.29 bits per heavy atom. The number of nitrogens with zero attached hydrogens (tertiary/aromatic N) is 1. The number of hydrogen-bond acceptors (Lipinski definition) is 2. The van der Waals surface area contributed by atoms with Crippen LogP contribution < -0.4 is 5.32 Å². The molecule has 0 saturated carbocycles. The van der Waals surface area contributed by atoms with Crippen LogP contribution in [0.2, 0.25) is 0 Å². The highest BCUT2D eigenvalue weighted by Gasteiger charge is 2.07. The van der Waals surface area contributed by atoms with Crippen molar-refractivity contribution in [2.45, 2.75) is 45.1 Å². The highest BCUT2D eigenvalue weighted by molar-refractivity contribution is 5.18. The topological polar surface area (TPSA) is 35.8 Å². The van der Waals surface area contributed by atoms with Gasteiger partial charge in [0.25, 0.3) is 0 Å². The van der Waals surface area contributed by atoms with Crippen molar-refractivity contribution in [1.29, 1.82) is 5.26 Å². The summed E-state index contributed by atoms with van der Waals surface area (Å²) in [5, 5.41) is 12.1. The molecule has 0 spiro atoms. The molecule has 1 aromatic carbocycles. The van der Waals surface area contributed by atoms with E-state index >= 15 is 0 Å². The van der Waals surface area contributed by atoms with Crippen LogP contribution in [0.4, 0.5) is 0 Å². The van der Waals surface area contributed by atoms with Gasteiger partial charge in [0.2, 0.25) is 0 Å². The van der Waals surface area contributed by atoms with Crippen LogP contribution in [0.5, 0.6) is 0 Å². The molecule has 1 N–H and O–H groups in total. The molecule has 0 amide bonds. The summed E-state index contributed by atoms with van der Waals surface area (Å²) in [6, 6.07) is 13.2. The highest BCUT2D eigenvalue weighted by atomic mass is 14.9. The molecule has 1 aromatic rings. The van der Waals surface area contributed by atoms with Gasteiger partial charge in [-0.25, -0.2) is 0 Å². The number of benzene rings is 1. The summed E-state index contributed by atoms with van der Waals surface area (Å²) in [6.07, 6.45) is 2.75. The number of hydrogen-bond donors (Lipinski definition) is 1. The molecule has 2 unspecified atom stereocenters. The quantitative estimate of drug-likeness (QED) is 0.778. The van der Waals surface area contributed by atoms with Crippen LogP contribution in [0.1, 0.15) is 44.6 Å². The summed E-state index contributed by atoms with van der Waals surface area (Å²) in [5.41, 5.74) is 1.39. The predicted octanol–water partition coefficient (Wildman–Crippen LogP) is 3.46. The van der Waals surface area contributed by atoms with Gasteiger partial charge in [-0.15, -0.1) is 0 Å². The Morgan fingerprint density at radius 2 is 2.00 bits per heavy atom. The zero-order chi connectivity index (χ0) is 12.5. The Balaban J connectivity index is 2.29. The molecule has 2 atom stereocenters. The van der Waals surface area contributed by atoms with Crippen LogP contribution in [0, 0.1) is 11.3 Å². The minimum absolute atomic E-state index is 0.350. The molecule has 1 rings (SSSR count). The maximum Gasteiger partial charge on any atom is 0.0638 e. The van der Waals surface area contributed by atoms with Gasteiger partial charge in [0.15, 0.2) is 0 Å². The number of nitrogens with one attached hydrogen (secondary N) is 1. The van der Waals surface area contributed by atoms with E-state index < -0.39 is 0 Å². The second-order valence-electron chi connectivity index (χ2n) is 4.52. The number of rotatable bonds is 7. The average molecular weight is 230 g/mol. The van der Waals surface area contributed by atoms with Crippen molar-refractivity contribution >= 4 is 0 Å². The minimum atomic E-state index is 0.350. The Morgan fingerprint density at radius 3 is 2.59 bits per heavy atom. The fourth-order valence-electron chi connectivity index (χ4n) is 1.92. The smallest absolute Gasteiger partial charge is 0.0638 e. The van der Waals surface area contributed by atoms with E-state index in [1.54, 1.807) is 0 Å². The molecular formula is C15H22N2. The molecule has 0 aliphatic carbocycles. The second-order valence-corrected chi connectivity index (χ2v) is 4.52. The third kappa shape index (κ3) is 5.01. The van der Waals surface area contributed by atoms with E-state index in [1.807, 2.05) is 0 Å². The fraction of sp³-hybridized carbons (Fsp3) is 0.533. The monoisotopic (exact) mass is 230 g/mol. The van der Waals surface area contributed by atoms with Crippen LogP contribution in [-0.4, -0.2) is 12.6 Å². The largest absolute Gasteiger partial charge is 0.313 e. The van der Waals surface area contributed by atoms with Crippen LogP contribution in [0.15, 0.2) is 30.3 Å². The Bertz CT molecular complexity index is 340. The molecule has 0 fully saturated rings. The lowest BCUT2D eigenvalue weighted by atomic mass is 9.98. The zero-order valence-corrected chi connectivity index (χ0v) is 10.8. The van der Waals surface area contributed by atoms with Gasteiger partial charge in [0.1, 0.15) is 0 Å². The Kier molecular flexibility index (Phi) is 6.35. The van der Waals surface area contributed by atoms with E-state index in [2.05, 4.69) is 55.6 Å². The van der Waals surface area contributed by atoms with Crippen molar-refractivity contribution in [2.24, 2.45) is 0 Å². The molecule has 0 saturated heterocycles. The first-order valence-corrected chi connectivity index (χ1v) is 6.43. The maximum atomic E-state index is 8.66. The molecule has 2 nitrogen and oxygen atoms in total. The third-order valence-electron chi connectivity index (χ3n) is 3.21. The molecule has 2 heteroatoms. The Labute approximate surface area is 105 Å². The molecule has 0 aliphatic rings. The van der Waals surface area contributed by atoms with E-state index in [4.69, 9.17) is 5.26 Å². The normalized spacial score (nSPS) is 13.9. The molecule has 0 aromatic heterocycles. The van der Waals surface area contributed by atoms with Crippen LogP contribution in [0.3, 0.4) is 0 Å². The number of nitriles is 1. The molecule has 92 valence electrons. The summed E-state index contributed by atoms with van der Waals surface area (Å²) in [4.78, 5) is 0. The SMILES string of the molecule is CCC(CC#N)NCCC(C)c1ccccc1. The van der Waals surface area contributed by atoms with E-state index in [-0.39, 0.29) is 0 Å². The van der Waals surface area contributed by atoms with Crippen LogP contribution in [-0.2, 0) is 0 Å². The predicted molar refractivity (Wildman–Crippen MR) is 71.8 cm³/mol. The van der Waals surface area contributed by atoms with Gasteiger partial charge >= 0.3 is 0 Å². The van der Waals surface area contributed by atoms with Crippen LogP contribution >= 0.6 is 0 Å². The second kappa shape index (κ2) is 7.86. The first-order valence-electron chi connectivity index (χ1n) is 6.43. The third-order valence-corrected chi connectivity index (χ3v) is 3.21. The standard InChI is InChI=1S/C15H22N2/c1-3-15(9-11-16)17-12-10-13(2)14-7-5-4-6-8-14/h4-8,13,15,17H,3,9-10,12H2,1-2H3. The van der Waals surface area contributed by atoms with E-state index in [0.29, 0.717) is 18.4 Å². The molecule has 0 bridgehead atoms. The lowest BCUT2D eigenvalue weighted by molar-refractivity contribution is 0.483. The maximum absolute atomic E-state index is 8.66. The first kappa shape index (κ1) is 13.7. The van der Waals surface area contributed by atoms with Crippen molar-refractivity contribution < 1.29 is 0 Å². The van der Waals surface area contributed by atoms with Gasteiger partial charge in [-0.2, -0.15) is 5.26 Å². The zero-order valence-electron chi connectivity index (χ0n) is 10.8. The summed E-state index contributed by atoms with van der Waals surface area (Å²) in [5.74, 6) is 0.572. The van der Waals surface area contributed by atoms with Crippen molar-refractivity contribution in [2.75, 3.05) is 6.54 Å². The first-order chi connectivity index (χ1) is 8.27. The fourth-order valence-corrected chi connectivity index (χ4v) is 1.92. The van der Waals surface area contributed by atoms with Crippen molar-refractivity contribution in [3.63, 3.8) is 0 Å². The highest BCUT2D eigenvalue weighted by Crippen LogP contribution is 2.17. The van der Waals surface area contributed by atoms with Gasteiger partial charge in [-0.1, -0.05) is 44.2 Å². The summed E-state index contributed by atoms with van der Waals surface area (Å²) >= 11 is 0. The van der Waals surface area contributed by atoms with Gasteiger partial charge in [-0.3, -0.25) is 0 Å². The summed E-state index contributed by atoms with van der Waals surface area (Å²) < 4.78 is 0. The average Bonchev–Trinajstić information content (AvgIpc) is 2.38.